The van der Waals surface area contributed by atoms with Gasteiger partial charge in [0, 0.05) is 19.0 Å². The summed E-state index contributed by atoms with van der Waals surface area (Å²) < 4.78 is 5.72. The Morgan fingerprint density at radius 1 is 1.00 bits per heavy atom. The Balaban J connectivity index is 2.08. The molecule has 0 spiro atoms. The van der Waals surface area contributed by atoms with Crippen molar-refractivity contribution in [1.29, 1.82) is 0 Å². The summed E-state index contributed by atoms with van der Waals surface area (Å²) in [6.07, 6.45) is 2.36. The van der Waals surface area contributed by atoms with Crippen molar-refractivity contribution >= 4 is 11.8 Å². The molecular weight excluding hydrogens is 388 g/mol. The number of nitrogens with one attached hydrogen (secondary N) is 1. The molecule has 0 aliphatic carbocycles. The van der Waals surface area contributed by atoms with Crippen LogP contribution in [0.5, 0.6) is 5.75 Å². The Morgan fingerprint density at radius 2 is 1.68 bits per heavy atom. The molecule has 0 saturated carbocycles. The molecule has 2 unspecified atom stereocenters. The topological polar surface area (TPSA) is 58.6 Å². The van der Waals surface area contributed by atoms with Gasteiger partial charge in [-0.25, -0.2) is 0 Å². The maximum absolute atomic E-state index is 13.2. The molecule has 168 valence electrons. The second kappa shape index (κ2) is 12.8. The summed E-state index contributed by atoms with van der Waals surface area (Å²) >= 11 is 0. The minimum absolute atomic E-state index is 0.0222. The van der Waals surface area contributed by atoms with Crippen LogP contribution < -0.4 is 10.1 Å². The fraction of sp³-hybridized carbons (Fsp3) is 0.462. The van der Waals surface area contributed by atoms with Crippen molar-refractivity contribution in [2.75, 3.05) is 6.61 Å². The van der Waals surface area contributed by atoms with Gasteiger partial charge in [0.25, 0.3) is 0 Å². The molecule has 2 atom stereocenters. The third-order valence-electron chi connectivity index (χ3n) is 5.54. The van der Waals surface area contributed by atoms with Crippen LogP contribution in [0.25, 0.3) is 0 Å². The summed E-state index contributed by atoms with van der Waals surface area (Å²) in [5, 5.41) is 3.05. The SMILES string of the molecule is CCC(C)NC(=O)C(CC)N(Cc1ccccc1C)C(=O)CCCOc1ccccc1. The van der Waals surface area contributed by atoms with Gasteiger partial charge >= 0.3 is 0 Å². The normalized spacial score (nSPS) is 12.6. The van der Waals surface area contributed by atoms with Crippen LogP contribution >= 0.6 is 0 Å². The number of carbonyl (C=O) groups excluding carboxylic acids is 2. The molecule has 0 bridgehead atoms. The minimum atomic E-state index is -0.490. The molecule has 2 rings (SSSR count). The van der Waals surface area contributed by atoms with E-state index in [4.69, 9.17) is 4.74 Å². The highest BCUT2D eigenvalue weighted by atomic mass is 16.5. The molecule has 2 aromatic rings. The van der Waals surface area contributed by atoms with Gasteiger partial charge in [0.1, 0.15) is 11.8 Å². The predicted molar refractivity (Wildman–Crippen MR) is 125 cm³/mol. The van der Waals surface area contributed by atoms with Crippen LogP contribution in [0.3, 0.4) is 0 Å². The molecule has 0 radical (unpaired) electrons. The van der Waals surface area contributed by atoms with Gasteiger partial charge in [-0.2, -0.15) is 0 Å². The van der Waals surface area contributed by atoms with Crippen LogP contribution in [0, 0.1) is 6.92 Å². The molecule has 31 heavy (non-hydrogen) atoms. The molecule has 0 aliphatic rings. The van der Waals surface area contributed by atoms with Gasteiger partial charge in [0.15, 0.2) is 0 Å². The molecule has 0 aliphatic heterocycles. The number of nitrogens with zero attached hydrogens (tertiary/aromatic N) is 1. The highest BCUT2D eigenvalue weighted by Gasteiger charge is 2.29. The lowest BCUT2D eigenvalue weighted by atomic mass is 10.0. The number of benzene rings is 2. The number of amides is 2. The lowest BCUT2D eigenvalue weighted by Gasteiger charge is -2.32. The van der Waals surface area contributed by atoms with E-state index >= 15 is 0 Å². The highest BCUT2D eigenvalue weighted by Crippen LogP contribution is 2.17. The summed E-state index contributed by atoms with van der Waals surface area (Å²) in [4.78, 5) is 27.9. The first-order valence-corrected chi connectivity index (χ1v) is 11.3. The Hall–Kier alpha value is -2.82. The van der Waals surface area contributed by atoms with Crippen molar-refractivity contribution in [3.05, 3.63) is 65.7 Å². The molecule has 0 aromatic heterocycles. The fourth-order valence-corrected chi connectivity index (χ4v) is 3.41. The second-order valence-electron chi connectivity index (χ2n) is 7.96. The zero-order chi connectivity index (χ0) is 22.6. The van der Waals surface area contributed by atoms with Crippen molar-refractivity contribution in [2.45, 2.75) is 72.0 Å². The monoisotopic (exact) mass is 424 g/mol. The van der Waals surface area contributed by atoms with E-state index in [1.54, 1.807) is 4.90 Å². The van der Waals surface area contributed by atoms with E-state index in [9.17, 15) is 9.59 Å². The average molecular weight is 425 g/mol. The number of aryl methyl sites for hydroxylation is 1. The average Bonchev–Trinajstić information content (AvgIpc) is 2.78. The van der Waals surface area contributed by atoms with Crippen molar-refractivity contribution < 1.29 is 14.3 Å². The quantitative estimate of drug-likeness (QED) is 0.494. The van der Waals surface area contributed by atoms with E-state index in [2.05, 4.69) is 5.32 Å². The molecule has 2 amide bonds. The van der Waals surface area contributed by atoms with E-state index in [0.29, 0.717) is 32.4 Å². The second-order valence-corrected chi connectivity index (χ2v) is 7.96. The number of carbonyl (C=O) groups is 2. The summed E-state index contributed by atoms with van der Waals surface area (Å²) in [5.41, 5.74) is 2.18. The van der Waals surface area contributed by atoms with Crippen molar-refractivity contribution in [3.63, 3.8) is 0 Å². The van der Waals surface area contributed by atoms with Gasteiger partial charge in [-0.15, -0.1) is 0 Å². The first-order valence-electron chi connectivity index (χ1n) is 11.3. The van der Waals surface area contributed by atoms with Crippen molar-refractivity contribution in [1.82, 2.24) is 10.2 Å². The van der Waals surface area contributed by atoms with E-state index in [0.717, 1.165) is 23.3 Å². The Labute approximate surface area is 186 Å². The third-order valence-corrected chi connectivity index (χ3v) is 5.54. The largest absolute Gasteiger partial charge is 0.494 e. The van der Waals surface area contributed by atoms with E-state index in [1.807, 2.05) is 82.3 Å². The standard InChI is InChI=1S/C26H36N2O3/c1-5-21(4)27-26(30)24(6-2)28(19-22-14-11-10-13-20(22)3)25(29)17-12-18-31-23-15-8-7-9-16-23/h7-11,13-16,21,24H,5-6,12,17-19H2,1-4H3,(H,27,30). The number of rotatable bonds is 12. The zero-order valence-electron chi connectivity index (χ0n) is 19.3. The minimum Gasteiger partial charge on any atom is -0.494 e. The van der Waals surface area contributed by atoms with Gasteiger partial charge in [-0.3, -0.25) is 9.59 Å². The lowest BCUT2D eigenvalue weighted by molar-refractivity contribution is -0.141. The van der Waals surface area contributed by atoms with Crippen molar-refractivity contribution in [2.24, 2.45) is 0 Å². The Bertz CT molecular complexity index is 822. The van der Waals surface area contributed by atoms with E-state index in [1.165, 1.54) is 0 Å². The van der Waals surface area contributed by atoms with Gasteiger partial charge in [-0.05, 0) is 56.4 Å². The molecule has 0 heterocycles. The number of hydrogen-bond donors (Lipinski definition) is 1. The van der Waals surface area contributed by atoms with Crippen LogP contribution in [0.2, 0.25) is 0 Å². The predicted octanol–water partition coefficient (Wildman–Crippen LogP) is 4.88. The number of ether oxygens (including phenoxy) is 1. The summed E-state index contributed by atoms with van der Waals surface area (Å²) in [6.45, 7) is 8.90. The molecule has 0 saturated heterocycles. The van der Waals surface area contributed by atoms with Crippen LogP contribution in [-0.4, -0.2) is 35.4 Å². The van der Waals surface area contributed by atoms with Crippen molar-refractivity contribution in [3.8, 4) is 5.75 Å². The smallest absolute Gasteiger partial charge is 0.243 e. The van der Waals surface area contributed by atoms with Gasteiger partial charge in [0.05, 0.1) is 6.61 Å². The molecule has 1 N–H and O–H groups in total. The third kappa shape index (κ3) is 7.74. The first kappa shape index (κ1) is 24.4. The Kier molecular flexibility index (Phi) is 10.1. The van der Waals surface area contributed by atoms with E-state index in [-0.39, 0.29) is 17.9 Å². The van der Waals surface area contributed by atoms with Crippen LogP contribution in [0.4, 0.5) is 0 Å². The molecule has 5 heteroatoms. The summed E-state index contributed by atoms with van der Waals surface area (Å²) in [7, 11) is 0. The van der Waals surface area contributed by atoms with E-state index < -0.39 is 6.04 Å². The summed E-state index contributed by atoms with van der Waals surface area (Å²) in [6, 6.07) is 17.2. The molecule has 5 nitrogen and oxygen atoms in total. The van der Waals surface area contributed by atoms with Crippen LogP contribution in [-0.2, 0) is 16.1 Å². The summed E-state index contributed by atoms with van der Waals surface area (Å²) in [5.74, 6) is 0.691. The van der Waals surface area contributed by atoms with Crippen LogP contribution in [0.15, 0.2) is 54.6 Å². The number of para-hydroxylation sites is 1. The fourth-order valence-electron chi connectivity index (χ4n) is 3.41. The molecule has 0 fully saturated rings. The van der Waals surface area contributed by atoms with Crippen LogP contribution in [0.1, 0.15) is 57.6 Å². The first-order chi connectivity index (χ1) is 15.0. The van der Waals surface area contributed by atoms with Gasteiger partial charge < -0.3 is 15.0 Å². The Morgan fingerprint density at radius 3 is 2.32 bits per heavy atom. The highest BCUT2D eigenvalue weighted by molar-refractivity contribution is 5.87. The van der Waals surface area contributed by atoms with Gasteiger partial charge in [0.2, 0.25) is 11.8 Å². The lowest BCUT2D eigenvalue weighted by Crippen LogP contribution is -2.50. The number of hydrogen-bond acceptors (Lipinski definition) is 3. The maximum atomic E-state index is 13.2. The van der Waals surface area contributed by atoms with Gasteiger partial charge in [-0.1, -0.05) is 56.3 Å². The molecular formula is C26H36N2O3. The maximum Gasteiger partial charge on any atom is 0.243 e. The molecule has 2 aromatic carbocycles. The zero-order valence-corrected chi connectivity index (χ0v) is 19.3.